The molecule has 0 aliphatic carbocycles. The van der Waals surface area contributed by atoms with Gasteiger partial charge in [-0.3, -0.25) is 4.79 Å². The molecule has 6 nitrogen and oxygen atoms in total. The van der Waals surface area contributed by atoms with E-state index in [1.165, 1.54) is 16.4 Å². The van der Waals surface area contributed by atoms with Gasteiger partial charge in [-0.1, -0.05) is 44.2 Å². The number of hydrogen-bond donors (Lipinski definition) is 1. The van der Waals surface area contributed by atoms with E-state index < -0.39 is 10.0 Å². The van der Waals surface area contributed by atoms with Crippen molar-refractivity contribution in [1.82, 2.24) is 9.62 Å². The van der Waals surface area contributed by atoms with E-state index in [0.717, 1.165) is 11.1 Å². The number of carbonyl (C=O) groups excluding carboxylic acids is 1. The Hall–Kier alpha value is -2.22. The molecule has 1 N–H and O–H groups in total. The predicted octanol–water partition coefficient (Wildman–Crippen LogP) is 2.79. The number of carbonyl (C=O) groups is 1. The normalized spacial score (nSPS) is 11.6. The molecule has 0 saturated heterocycles. The lowest BCUT2D eigenvalue weighted by molar-refractivity contribution is 0.0950. The van der Waals surface area contributed by atoms with Gasteiger partial charge in [0.05, 0.1) is 11.5 Å². The number of sulfonamides is 1. The molecule has 0 aliphatic rings. The van der Waals surface area contributed by atoms with Gasteiger partial charge in [0.1, 0.15) is 0 Å². The van der Waals surface area contributed by atoms with Crippen molar-refractivity contribution < 1.29 is 17.9 Å². The van der Waals surface area contributed by atoms with Crippen LogP contribution in [0.2, 0.25) is 0 Å². The van der Waals surface area contributed by atoms with Gasteiger partial charge in [-0.15, -0.1) is 0 Å². The third-order valence-electron chi connectivity index (χ3n) is 4.19. The Labute approximate surface area is 161 Å². The first kappa shape index (κ1) is 21.1. The quantitative estimate of drug-likeness (QED) is 0.714. The number of hydrogen-bond acceptors (Lipinski definition) is 4. The van der Waals surface area contributed by atoms with Crippen LogP contribution < -0.4 is 5.32 Å². The van der Waals surface area contributed by atoms with E-state index in [2.05, 4.69) is 5.32 Å². The summed E-state index contributed by atoms with van der Waals surface area (Å²) in [6.07, 6.45) is 0. The summed E-state index contributed by atoms with van der Waals surface area (Å²) < 4.78 is 31.7. The van der Waals surface area contributed by atoms with E-state index in [1.54, 1.807) is 33.1 Å². The Morgan fingerprint density at radius 1 is 1.04 bits per heavy atom. The smallest absolute Gasteiger partial charge is 0.251 e. The first-order valence-corrected chi connectivity index (χ1v) is 10.3. The van der Waals surface area contributed by atoms with Gasteiger partial charge in [-0.2, -0.15) is 4.31 Å². The standard InChI is InChI=1S/C20H26N2O4S/c1-4-22(5-2)27(24,25)19-11-7-10-18(13-19)20(23)21-14-16-8-6-9-17(12-16)15-26-3/h6-13H,4-5,14-15H2,1-3H3,(H,21,23). The second kappa shape index (κ2) is 9.64. The summed E-state index contributed by atoms with van der Waals surface area (Å²) in [6.45, 7) is 5.20. The van der Waals surface area contributed by atoms with Crippen molar-refractivity contribution in [2.75, 3.05) is 20.2 Å². The maximum atomic E-state index is 12.6. The van der Waals surface area contributed by atoms with Crippen molar-refractivity contribution in [1.29, 1.82) is 0 Å². The number of amides is 1. The molecule has 0 fully saturated rings. The van der Waals surface area contributed by atoms with Crippen LogP contribution in [0.4, 0.5) is 0 Å². The molecule has 27 heavy (non-hydrogen) atoms. The van der Waals surface area contributed by atoms with Crippen molar-refractivity contribution in [3.05, 3.63) is 65.2 Å². The van der Waals surface area contributed by atoms with Crippen molar-refractivity contribution in [3.8, 4) is 0 Å². The monoisotopic (exact) mass is 390 g/mol. The van der Waals surface area contributed by atoms with Crippen LogP contribution in [0.1, 0.15) is 35.3 Å². The van der Waals surface area contributed by atoms with Crippen LogP contribution in [0, 0.1) is 0 Å². The average molecular weight is 391 g/mol. The molecule has 0 heterocycles. The topological polar surface area (TPSA) is 75.7 Å². The van der Waals surface area contributed by atoms with E-state index in [4.69, 9.17) is 4.74 Å². The highest BCUT2D eigenvalue weighted by molar-refractivity contribution is 7.89. The fourth-order valence-electron chi connectivity index (χ4n) is 2.79. The van der Waals surface area contributed by atoms with E-state index >= 15 is 0 Å². The molecule has 2 aromatic rings. The molecule has 7 heteroatoms. The summed E-state index contributed by atoms with van der Waals surface area (Å²) in [5.74, 6) is -0.316. The molecule has 0 bridgehead atoms. The predicted molar refractivity (Wildman–Crippen MR) is 105 cm³/mol. The fourth-order valence-corrected chi connectivity index (χ4v) is 4.30. The third-order valence-corrected chi connectivity index (χ3v) is 6.24. The highest BCUT2D eigenvalue weighted by Gasteiger charge is 2.22. The van der Waals surface area contributed by atoms with Gasteiger partial charge in [0, 0.05) is 32.3 Å². The van der Waals surface area contributed by atoms with Crippen LogP contribution in [0.25, 0.3) is 0 Å². The Kier molecular flexibility index (Phi) is 7.53. The van der Waals surface area contributed by atoms with Crippen molar-refractivity contribution in [2.24, 2.45) is 0 Å². The number of benzene rings is 2. The highest BCUT2D eigenvalue weighted by atomic mass is 32.2. The van der Waals surface area contributed by atoms with Crippen LogP contribution in [0.3, 0.4) is 0 Å². The third kappa shape index (κ3) is 5.38. The number of ether oxygens (including phenoxy) is 1. The molecule has 0 radical (unpaired) electrons. The van der Waals surface area contributed by atoms with Crippen LogP contribution >= 0.6 is 0 Å². The Morgan fingerprint density at radius 2 is 1.70 bits per heavy atom. The van der Waals surface area contributed by atoms with Crippen molar-refractivity contribution in [2.45, 2.75) is 31.9 Å². The molecule has 2 aromatic carbocycles. The number of methoxy groups -OCH3 is 1. The average Bonchev–Trinajstić information content (AvgIpc) is 2.67. The molecule has 0 atom stereocenters. The number of nitrogens with zero attached hydrogens (tertiary/aromatic N) is 1. The van der Waals surface area contributed by atoms with Crippen molar-refractivity contribution >= 4 is 15.9 Å². The zero-order valence-electron chi connectivity index (χ0n) is 15.9. The van der Waals surface area contributed by atoms with E-state index in [-0.39, 0.29) is 10.8 Å². The molecular weight excluding hydrogens is 364 g/mol. The molecule has 146 valence electrons. The molecule has 2 rings (SSSR count). The minimum Gasteiger partial charge on any atom is -0.380 e. The molecule has 0 saturated carbocycles. The van der Waals surface area contributed by atoms with Crippen molar-refractivity contribution in [3.63, 3.8) is 0 Å². The first-order chi connectivity index (χ1) is 12.9. The van der Waals surface area contributed by atoms with Gasteiger partial charge in [0.15, 0.2) is 0 Å². The van der Waals surface area contributed by atoms with Crippen LogP contribution in [-0.2, 0) is 27.9 Å². The van der Waals surface area contributed by atoms with Crippen LogP contribution in [0.15, 0.2) is 53.4 Å². The molecule has 0 unspecified atom stereocenters. The minimum absolute atomic E-state index is 0.126. The second-order valence-corrected chi connectivity index (χ2v) is 7.99. The van der Waals surface area contributed by atoms with E-state index in [1.807, 2.05) is 24.3 Å². The first-order valence-electron chi connectivity index (χ1n) is 8.87. The summed E-state index contributed by atoms with van der Waals surface area (Å²) in [6, 6.07) is 13.9. The van der Waals surface area contributed by atoms with Gasteiger partial charge in [0.2, 0.25) is 10.0 Å². The van der Waals surface area contributed by atoms with Crippen LogP contribution in [0.5, 0.6) is 0 Å². The SMILES string of the molecule is CCN(CC)S(=O)(=O)c1cccc(C(=O)NCc2cccc(COC)c2)c1. The van der Waals surface area contributed by atoms with Gasteiger partial charge >= 0.3 is 0 Å². The fraction of sp³-hybridized carbons (Fsp3) is 0.350. The summed E-state index contributed by atoms with van der Waals surface area (Å²) >= 11 is 0. The number of rotatable bonds is 9. The second-order valence-electron chi connectivity index (χ2n) is 6.05. The zero-order chi connectivity index (χ0) is 19.9. The van der Waals surface area contributed by atoms with E-state index in [9.17, 15) is 13.2 Å². The van der Waals surface area contributed by atoms with Gasteiger partial charge in [-0.25, -0.2) is 8.42 Å². The summed E-state index contributed by atoms with van der Waals surface area (Å²) in [5.41, 5.74) is 2.29. The molecule has 0 aromatic heterocycles. The summed E-state index contributed by atoms with van der Waals surface area (Å²) in [7, 11) is -1.96. The zero-order valence-corrected chi connectivity index (χ0v) is 16.8. The van der Waals surface area contributed by atoms with E-state index in [0.29, 0.717) is 31.8 Å². The largest absolute Gasteiger partial charge is 0.380 e. The van der Waals surface area contributed by atoms with Crippen LogP contribution in [-0.4, -0.2) is 38.8 Å². The van der Waals surface area contributed by atoms with Gasteiger partial charge < -0.3 is 10.1 Å². The van der Waals surface area contributed by atoms with Gasteiger partial charge in [-0.05, 0) is 29.3 Å². The summed E-state index contributed by atoms with van der Waals surface area (Å²) in [4.78, 5) is 12.6. The lowest BCUT2D eigenvalue weighted by Gasteiger charge is -2.18. The lowest BCUT2D eigenvalue weighted by atomic mass is 10.1. The Bertz CT molecular complexity index is 877. The Morgan fingerprint density at radius 3 is 2.37 bits per heavy atom. The van der Waals surface area contributed by atoms with Gasteiger partial charge in [0.25, 0.3) is 5.91 Å². The lowest BCUT2D eigenvalue weighted by Crippen LogP contribution is -2.31. The molecule has 0 spiro atoms. The highest BCUT2D eigenvalue weighted by Crippen LogP contribution is 2.17. The maximum Gasteiger partial charge on any atom is 0.251 e. The molecule has 1 amide bonds. The minimum atomic E-state index is -3.60. The molecular formula is C20H26N2O4S. The summed E-state index contributed by atoms with van der Waals surface area (Å²) in [5, 5.41) is 2.83. The maximum absolute atomic E-state index is 12.6. The number of nitrogens with one attached hydrogen (secondary N) is 1. The Balaban J connectivity index is 2.12. The molecule has 0 aliphatic heterocycles.